The summed E-state index contributed by atoms with van der Waals surface area (Å²) in [7, 11) is 0. The molecule has 1 aromatic heterocycles. The number of aromatic nitrogens is 1. The van der Waals surface area contributed by atoms with E-state index in [1.165, 1.54) is 0 Å². The fraction of sp³-hybridized carbons (Fsp3) is 0.233. The Hall–Kier alpha value is -4.99. The number of carboxylic acid groups (broad SMARTS) is 1. The number of nitrogens with two attached hydrogens (primary N) is 2. The quantitative estimate of drug-likeness (QED) is 0.140. The van der Waals surface area contributed by atoms with Crippen LogP contribution in [-0.4, -0.2) is 39.6 Å². The van der Waals surface area contributed by atoms with Crippen molar-refractivity contribution >= 4 is 34.4 Å². The maximum Gasteiger partial charge on any atom is 0.404 e. The van der Waals surface area contributed by atoms with Crippen LogP contribution in [0.4, 0.5) is 10.5 Å². The molecule has 0 bridgehead atoms. The van der Waals surface area contributed by atoms with E-state index in [-0.39, 0.29) is 23.8 Å². The highest BCUT2D eigenvalue weighted by Gasteiger charge is 2.27. The zero-order valence-electron chi connectivity index (χ0n) is 21.9. The molecule has 1 fully saturated rings. The molecule has 0 radical (unpaired) electrons. The Morgan fingerprint density at radius 1 is 0.925 bits per heavy atom. The molecule has 0 atom stereocenters. The van der Waals surface area contributed by atoms with Gasteiger partial charge in [-0.05, 0) is 67.6 Å². The van der Waals surface area contributed by atoms with Crippen molar-refractivity contribution in [1.29, 1.82) is 5.41 Å². The number of nitrogen functional groups attached to an aromatic ring is 2. The van der Waals surface area contributed by atoms with Gasteiger partial charge in [0.25, 0.3) is 5.91 Å². The second-order valence-corrected chi connectivity index (χ2v) is 10.0. The van der Waals surface area contributed by atoms with E-state index in [1.54, 1.807) is 18.2 Å². The molecule has 0 saturated heterocycles. The zero-order valence-corrected chi connectivity index (χ0v) is 21.9. The van der Waals surface area contributed by atoms with Crippen molar-refractivity contribution in [2.75, 3.05) is 5.73 Å². The second kappa shape index (κ2) is 11.4. The predicted molar refractivity (Wildman–Crippen MR) is 154 cm³/mol. The van der Waals surface area contributed by atoms with Crippen molar-refractivity contribution in [3.8, 4) is 11.5 Å². The van der Waals surface area contributed by atoms with Gasteiger partial charge in [-0.1, -0.05) is 36.4 Å². The SMILES string of the molecule is N=C(N)c1ccc2c(N)c(C(=O)NC3CCC(NC(=O)O)CC3)n(Cc3ccc(Oc4ccccc4)cc3)c2c1. The number of amides is 2. The predicted octanol–water partition coefficient (Wildman–Crippen LogP) is 4.66. The number of para-hydroxylation sites is 1. The minimum atomic E-state index is -1.03. The summed E-state index contributed by atoms with van der Waals surface area (Å²) in [6.45, 7) is 0.360. The molecule has 5 rings (SSSR count). The molecule has 1 aliphatic carbocycles. The lowest BCUT2D eigenvalue weighted by atomic mass is 9.91. The Kier molecular flexibility index (Phi) is 7.59. The van der Waals surface area contributed by atoms with Gasteiger partial charge in [-0.3, -0.25) is 10.2 Å². The molecular formula is C30H32N6O4. The molecule has 10 nitrogen and oxygen atoms in total. The van der Waals surface area contributed by atoms with Crippen LogP contribution in [0.1, 0.15) is 47.3 Å². The fourth-order valence-electron chi connectivity index (χ4n) is 5.23. The molecule has 4 aromatic rings. The van der Waals surface area contributed by atoms with Crippen LogP contribution >= 0.6 is 0 Å². The number of fused-ring (bicyclic) bond motifs is 1. The average molecular weight is 541 g/mol. The molecular weight excluding hydrogens is 508 g/mol. The molecule has 0 spiro atoms. The number of ether oxygens (including phenoxy) is 1. The number of carbonyl (C=O) groups excluding carboxylic acids is 1. The number of hydrogen-bond donors (Lipinski definition) is 6. The van der Waals surface area contributed by atoms with E-state index >= 15 is 0 Å². The summed E-state index contributed by atoms with van der Waals surface area (Å²) in [6, 6.07) is 22.2. The lowest BCUT2D eigenvalue weighted by Gasteiger charge is -2.29. The maximum absolute atomic E-state index is 13.6. The number of nitrogens with zero attached hydrogens (tertiary/aromatic N) is 1. The van der Waals surface area contributed by atoms with Gasteiger partial charge < -0.3 is 36.5 Å². The maximum atomic E-state index is 13.6. The minimum Gasteiger partial charge on any atom is -0.465 e. The molecule has 10 heteroatoms. The van der Waals surface area contributed by atoms with Gasteiger partial charge in [0.2, 0.25) is 0 Å². The number of carbonyl (C=O) groups is 2. The van der Waals surface area contributed by atoms with Gasteiger partial charge >= 0.3 is 6.09 Å². The number of rotatable bonds is 8. The fourth-order valence-corrected chi connectivity index (χ4v) is 5.23. The lowest BCUT2D eigenvalue weighted by molar-refractivity contribution is 0.0915. The Bertz CT molecular complexity index is 1540. The van der Waals surface area contributed by atoms with E-state index in [0.717, 1.165) is 11.3 Å². The van der Waals surface area contributed by atoms with Crippen molar-refractivity contribution in [3.63, 3.8) is 0 Å². The smallest absolute Gasteiger partial charge is 0.404 e. The van der Waals surface area contributed by atoms with Crippen LogP contribution in [0.25, 0.3) is 10.9 Å². The van der Waals surface area contributed by atoms with Gasteiger partial charge in [-0.15, -0.1) is 0 Å². The van der Waals surface area contributed by atoms with Crippen molar-refractivity contribution in [2.24, 2.45) is 5.73 Å². The van der Waals surface area contributed by atoms with Gasteiger partial charge in [0.1, 0.15) is 23.0 Å². The van der Waals surface area contributed by atoms with E-state index in [4.69, 9.17) is 26.7 Å². The first-order valence-electron chi connectivity index (χ1n) is 13.2. The molecule has 1 aliphatic rings. The van der Waals surface area contributed by atoms with Crippen LogP contribution in [0.3, 0.4) is 0 Å². The van der Waals surface area contributed by atoms with Gasteiger partial charge in [0.05, 0.1) is 11.2 Å². The number of anilines is 1. The summed E-state index contributed by atoms with van der Waals surface area (Å²) < 4.78 is 7.77. The lowest BCUT2D eigenvalue weighted by Crippen LogP contribution is -2.43. The Balaban J connectivity index is 1.41. The largest absolute Gasteiger partial charge is 0.465 e. The third-order valence-electron chi connectivity index (χ3n) is 7.26. The molecule has 40 heavy (non-hydrogen) atoms. The number of hydrogen-bond acceptors (Lipinski definition) is 5. The van der Waals surface area contributed by atoms with Gasteiger partial charge in [0.15, 0.2) is 0 Å². The summed E-state index contributed by atoms with van der Waals surface area (Å²) >= 11 is 0. The van der Waals surface area contributed by atoms with Gasteiger partial charge in [0, 0.05) is 29.6 Å². The van der Waals surface area contributed by atoms with Crippen LogP contribution in [0, 0.1) is 5.41 Å². The van der Waals surface area contributed by atoms with Gasteiger partial charge in [-0.2, -0.15) is 0 Å². The number of amidine groups is 1. The van der Waals surface area contributed by atoms with E-state index in [0.29, 0.717) is 65.8 Å². The Morgan fingerprint density at radius 2 is 1.55 bits per heavy atom. The van der Waals surface area contributed by atoms with E-state index < -0.39 is 6.09 Å². The highest BCUT2D eigenvalue weighted by Crippen LogP contribution is 2.32. The molecule has 3 aromatic carbocycles. The molecule has 206 valence electrons. The van der Waals surface area contributed by atoms with Crippen LogP contribution in [-0.2, 0) is 6.54 Å². The van der Waals surface area contributed by atoms with Crippen molar-refractivity contribution in [3.05, 3.63) is 89.6 Å². The van der Waals surface area contributed by atoms with Crippen LogP contribution in [0.2, 0.25) is 0 Å². The van der Waals surface area contributed by atoms with E-state index in [9.17, 15) is 9.59 Å². The first-order valence-corrected chi connectivity index (χ1v) is 13.2. The van der Waals surface area contributed by atoms with E-state index in [1.807, 2.05) is 59.2 Å². The standard InChI is InChI=1S/C30H32N6O4/c31-26-24-15-8-19(28(32)33)16-25(24)36(17-18-6-13-23(14-7-18)40-22-4-2-1-3-5-22)27(26)29(37)34-20-9-11-21(12-10-20)35-30(38)39/h1-8,13-16,20-21,35H,9-12,17,31H2,(H3,32,33)(H,34,37)(H,38,39). The summed E-state index contributed by atoms with van der Waals surface area (Å²) in [5.41, 5.74) is 15.2. The number of nitrogens with one attached hydrogen (secondary N) is 3. The molecule has 1 saturated carbocycles. The van der Waals surface area contributed by atoms with E-state index in [2.05, 4.69) is 10.6 Å². The monoisotopic (exact) mass is 540 g/mol. The second-order valence-electron chi connectivity index (χ2n) is 10.0. The normalized spacial score (nSPS) is 16.8. The average Bonchev–Trinajstić information content (AvgIpc) is 3.21. The first kappa shape index (κ1) is 26.6. The zero-order chi connectivity index (χ0) is 28.2. The van der Waals surface area contributed by atoms with Crippen molar-refractivity contribution in [2.45, 2.75) is 44.3 Å². The minimum absolute atomic E-state index is 0.0756. The topological polar surface area (TPSA) is 168 Å². The molecule has 2 amide bonds. The number of benzene rings is 3. The first-order chi connectivity index (χ1) is 19.3. The molecule has 8 N–H and O–H groups in total. The molecule has 0 aliphatic heterocycles. The highest BCUT2D eigenvalue weighted by molar-refractivity contribution is 6.09. The Labute approximate surface area is 231 Å². The van der Waals surface area contributed by atoms with Crippen molar-refractivity contribution in [1.82, 2.24) is 15.2 Å². The Morgan fingerprint density at radius 3 is 2.17 bits per heavy atom. The highest BCUT2D eigenvalue weighted by atomic mass is 16.5. The summed E-state index contributed by atoms with van der Waals surface area (Å²) in [6.07, 6.45) is 1.58. The van der Waals surface area contributed by atoms with Crippen LogP contribution in [0.15, 0.2) is 72.8 Å². The molecule has 0 unspecified atom stereocenters. The van der Waals surface area contributed by atoms with Gasteiger partial charge in [-0.25, -0.2) is 4.79 Å². The third-order valence-corrected chi connectivity index (χ3v) is 7.26. The third kappa shape index (κ3) is 5.85. The summed E-state index contributed by atoms with van der Waals surface area (Å²) in [5, 5.41) is 23.2. The summed E-state index contributed by atoms with van der Waals surface area (Å²) in [5.74, 6) is 1.06. The van der Waals surface area contributed by atoms with Crippen LogP contribution < -0.4 is 26.8 Å². The molecule has 1 heterocycles. The summed E-state index contributed by atoms with van der Waals surface area (Å²) in [4.78, 5) is 24.6. The van der Waals surface area contributed by atoms with Crippen molar-refractivity contribution < 1.29 is 19.4 Å². The van der Waals surface area contributed by atoms with Crippen LogP contribution in [0.5, 0.6) is 11.5 Å².